The minimum absolute atomic E-state index is 0.165. The first-order valence-corrected chi connectivity index (χ1v) is 6.80. The van der Waals surface area contributed by atoms with Crippen LogP contribution in [0.1, 0.15) is 39.5 Å². The van der Waals surface area contributed by atoms with Crippen LogP contribution in [0.2, 0.25) is 0 Å². The van der Waals surface area contributed by atoms with E-state index in [9.17, 15) is 4.79 Å². The monoisotopic (exact) mass is 241 g/mol. The van der Waals surface area contributed by atoms with E-state index < -0.39 is 0 Å². The van der Waals surface area contributed by atoms with Gasteiger partial charge in [0.1, 0.15) is 0 Å². The number of amides is 1. The van der Waals surface area contributed by atoms with E-state index in [1.165, 1.54) is 19.3 Å². The van der Waals surface area contributed by atoms with Gasteiger partial charge in [0, 0.05) is 25.0 Å². The summed E-state index contributed by atoms with van der Waals surface area (Å²) in [5.41, 5.74) is 0. The lowest BCUT2D eigenvalue weighted by atomic mass is 10.1. The minimum atomic E-state index is 0.165. The largest absolute Gasteiger partial charge is 0.354 e. The molecule has 1 saturated heterocycles. The molecule has 1 heterocycles. The van der Waals surface area contributed by atoms with Crippen molar-refractivity contribution < 1.29 is 4.79 Å². The summed E-state index contributed by atoms with van der Waals surface area (Å²) < 4.78 is 0. The number of carbonyl (C=O) groups is 1. The molecular formula is C13H27N3O. The average molecular weight is 241 g/mol. The Morgan fingerprint density at radius 2 is 2.18 bits per heavy atom. The van der Waals surface area contributed by atoms with Crippen molar-refractivity contribution in [3.63, 3.8) is 0 Å². The number of hydrogen-bond donors (Lipinski definition) is 2. The van der Waals surface area contributed by atoms with Crippen LogP contribution in [-0.2, 0) is 4.79 Å². The van der Waals surface area contributed by atoms with Gasteiger partial charge in [-0.1, -0.05) is 0 Å². The van der Waals surface area contributed by atoms with Crippen LogP contribution in [-0.4, -0.2) is 49.6 Å². The summed E-state index contributed by atoms with van der Waals surface area (Å²) in [5.74, 6) is 0.165. The first-order valence-electron chi connectivity index (χ1n) is 6.80. The van der Waals surface area contributed by atoms with Crippen molar-refractivity contribution in [2.24, 2.45) is 0 Å². The van der Waals surface area contributed by atoms with E-state index in [1.807, 2.05) is 13.8 Å². The molecule has 1 rings (SSSR count). The van der Waals surface area contributed by atoms with Gasteiger partial charge in [0.25, 0.3) is 0 Å². The Morgan fingerprint density at radius 1 is 1.41 bits per heavy atom. The zero-order valence-electron chi connectivity index (χ0n) is 11.5. The summed E-state index contributed by atoms with van der Waals surface area (Å²) in [7, 11) is 2.14. The van der Waals surface area contributed by atoms with Crippen LogP contribution >= 0.6 is 0 Å². The normalized spacial score (nSPS) is 21.6. The summed E-state index contributed by atoms with van der Waals surface area (Å²) in [4.78, 5) is 13.9. The summed E-state index contributed by atoms with van der Waals surface area (Å²) in [6, 6.07) is 0.881. The summed E-state index contributed by atoms with van der Waals surface area (Å²) in [6.07, 6.45) is 4.30. The SMILES string of the molecule is CC(C)NC(=O)CCN(C)C1CCCNCC1. The lowest BCUT2D eigenvalue weighted by Gasteiger charge is -2.26. The van der Waals surface area contributed by atoms with E-state index in [4.69, 9.17) is 0 Å². The number of carbonyl (C=O) groups excluding carboxylic acids is 1. The van der Waals surface area contributed by atoms with Crippen molar-refractivity contribution >= 4 is 5.91 Å². The van der Waals surface area contributed by atoms with E-state index in [-0.39, 0.29) is 11.9 Å². The molecule has 1 amide bonds. The van der Waals surface area contributed by atoms with Crippen LogP contribution in [0.15, 0.2) is 0 Å². The van der Waals surface area contributed by atoms with Gasteiger partial charge in [-0.3, -0.25) is 4.79 Å². The molecule has 0 bridgehead atoms. The van der Waals surface area contributed by atoms with Crippen LogP contribution in [0.4, 0.5) is 0 Å². The number of rotatable bonds is 5. The molecule has 2 N–H and O–H groups in total. The van der Waals surface area contributed by atoms with Gasteiger partial charge in [0.05, 0.1) is 0 Å². The van der Waals surface area contributed by atoms with E-state index >= 15 is 0 Å². The van der Waals surface area contributed by atoms with E-state index in [0.717, 1.165) is 19.6 Å². The molecule has 0 aromatic carbocycles. The molecule has 1 unspecified atom stereocenters. The van der Waals surface area contributed by atoms with Crippen molar-refractivity contribution in [3.05, 3.63) is 0 Å². The molecular weight excluding hydrogens is 214 g/mol. The second kappa shape index (κ2) is 7.67. The number of hydrogen-bond acceptors (Lipinski definition) is 3. The second-order valence-corrected chi connectivity index (χ2v) is 5.29. The molecule has 0 spiro atoms. The predicted octanol–water partition coefficient (Wildman–Crippen LogP) is 0.975. The zero-order valence-corrected chi connectivity index (χ0v) is 11.5. The highest BCUT2D eigenvalue weighted by Crippen LogP contribution is 2.11. The van der Waals surface area contributed by atoms with Gasteiger partial charge in [-0.05, 0) is 53.2 Å². The Kier molecular flexibility index (Phi) is 6.52. The fourth-order valence-corrected chi connectivity index (χ4v) is 2.30. The van der Waals surface area contributed by atoms with Crippen LogP contribution in [0.25, 0.3) is 0 Å². The predicted molar refractivity (Wildman–Crippen MR) is 71.0 cm³/mol. The molecule has 0 saturated carbocycles. The molecule has 100 valence electrons. The van der Waals surface area contributed by atoms with E-state index in [0.29, 0.717) is 12.5 Å². The Labute approximate surface area is 105 Å². The van der Waals surface area contributed by atoms with E-state index in [1.54, 1.807) is 0 Å². The number of nitrogens with zero attached hydrogens (tertiary/aromatic N) is 1. The molecule has 4 nitrogen and oxygen atoms in total. The van der Waals surface area contributed by atoms with Crippen molar-refractivity contribution in [1.82, 2.24) is 15.5 Å². The Bertz CT molecular complexity index is 223. The van der Waals surface area contributed by atoms with Crippen molar-refractivity contribution in [2.45, 2.75) is 51.6 Å². The molecule has 17 heavy (non-hydrogen) atoms. The third-order valence-electron chi connectivity index (χ3n) is 3.31. The minimum Gasteiger partial charge on any atom is -0.354 e. The molecule has 1 aliphatic heterocycles. The lowest BCUT2D eigenvalue weighted by Crippen LogP contribution is -2.37. The first kappa shape index (κ1) is 14.5. The molecule has 1 aliphatic rings. The maximum Gasteiger partial charge on any atom is 0.221 e. The van der Waals surface area contributed by atoms with Crippen LogP contribution in [0.5, 0.6) is 0 Å². The standard InChI is InChI=1S/C13H27N3O/c1-11(2)15-13(17)7-10-16(3)12-5-4-8-14-9-6-12/h11-12,14H,4-10H2,1-3H3,(H,15,17). The lowest BCUT2D eigenvalue weighted by molar-refractivity contribution is -0.121. The topological polar surface area (TPSA) is 44.4 Å². The summed E-state index contributed by atoms with van der Waals surface area (Å²) >= 11 is 0. The first-order chi connectivity index (χ1) is 8.09. The Hall–Kier alpha value is -0.610. The Morgan fingerprint density at radius 3 is 2.88 bits per heavy atom. The molecule has 1 fully saturated rings. The quantitative estimate of drug-likeness (QED) is 0.754. The molecule has 0 aromatic rings. The van der Waals surface area contributed by atoms with Gasteiger partial charge in [-0.2, -0.15) is 0 Å². The summed E-state index contributed by atoms with van der Waals surface area (Å²) in [5, 5.41) is 6.35. The highest BCUT2D eigenvalue weighted by molar-refractivity contribution is 5.76. The second-order valence-electron chi connectivity index (χ2n) is 5.29. The molecule has 4 heteroatoms. The van der Waals surface area contributed by atoms with Gasteiger partial charge < -0.3 is 15.5 Å². The van der Waals surface area contributed by atoms with Crippen molar-refractivity contribution in [3.8, 4) is 0 Å². The third-order valence-corrected chi connectivity index (χ3v) is 3.31. The van der Waals surface area contributed by atoms with Gasteiger partial charge in [0.2, 0.25) is 5.91 Å². The van der Waals surface area contributed by atoms with Gasteiger partial charge in [-0.15, -0.1) is 0 Å². The smallest absolute Gasteiger partial charge is 0.221 e. The highest BCUT2D eigenvalue weighted by atomic mass is 16.1. The molecule has 1 atom stereocenters. The molecule has 0 aromatic heterocycles. The van der Waals surface area contributed by atoms with Crippen LogP contribution < -0.4 is 10.6 Å². The van der Waals surface area contributed by atoms with Gasteiger partial charge in [0.15, 0.2) is 0 Å². The summed E-state index contributed by atoms with van der Waals surface area (Å²) in [6.45, 7) is 7.10. The highest BCUT2D eigenvalue weighted by Gasteiger charge is 2.17. The van der Waals surface area contributed by atoms with Gasteiger partial charge >= 0.3 is 0 Å². The molecule has 0 radical (unpaired) electrons. The molecule has 0 aliphatic carbocycles. The fraction of sp³-hybridized carbons (Fsp3) is 0.923. The van der Waals surface area contributed by atoms with Crippen LogP contribution in [0.3, 0.4) is 0 Å². The maximum atomic E-state index is 11.6. The van der Waals surface area contributed by atoms with E-state index in [2.05, 4.69) is 22.6 Å². The Balaban J connectivity index is 2.23. The average Bonchev–Trinajstić information content (AvgIpc) is 2.53. The third kappa shape index (κ3) is 6.03. The zero-order chi connectivity index (χ0) is 12.7. The van der Waals surface area contributed by atoms with Crippen molar-refractivity contribution in [1.29, 1.82) is 0 Å². The van der Waals surface area contributed by atoms with Crippen LogP contribution in [0, 0.1) is 0 Å². The fourth-order valence-electron chi connectivity index (χ4n) is 2.30. The number of nitrogens with one attached hydrogen (secondary N) is 2. The van der Waals surface area contributed by atoms with Crippen molar-refractivity contribution in [2.75, 3.05) is 26.7 Å². The maximum absolute atomic E-state index is 11.6. The van der Waals surface area contributed by atoms with Gasteiger partial charge in [-0.25, -0.2) is 0 Å².